The quantitative estimate of drug-likeness (QED) is 0.513. The molecule has 0 aliphatic carbocycles. The molecule has 1 heterocycles. The molecule has 0 saturated carbocycles. The number of aliphatic hydroxyl groups excluding tert-OH is 3. The van der Waals surface area contributed by atoms with Crippen LogP contribution in [0.4, 0.5) is 0 Å². The third-order valence-corrected chi connectivity index (χ3v) is 2.07. The molecule has 0 aromatic rings. The summed E-state index contributed by atoms with van der Waals surface area (Å²) in [5.74, 6) is 0.483. The molecule has 1 saturated heterocycles. The lowest BCUT2D eigenvalue weighted by Crippen LogP contribution is -2.40. The van der Waals surface area contributed by atoms with Gasteiger partial charge in [0.05, 0.1) is 12.4 Å². The smallest absolute Gasteiger partial charge is 0.117 e. The van der Waals surface area contributed by atoms with Gasteiger partial charge in [-0.1, -0.05) is 6.58 Å². The van der Waals surface area contributed by atoms with Crippen LogP contribution in [0.5, 0.6) is 0 Å². The first-order valence-corrected chi connectivity index (χ1v) is 4.46. The number of aliphatic hydroxyl groups is 3. The number of hydrogen-bond donors (Lipinski definition) is 3. The molecule has 1 aliphatic rings. The summed E-state index contributed by atoms with van der Waals surface area (Å²) in [6, 6.07) is 0. The van der Waals surface area contributed by atoms with E-state index in [0.29, 0.717) is 5.76 Å². The zero-order chi connectivity index (χ0) is 10.7. The summed E-state index contributed by atoms with van der Waals surface area (Å²) in [5.41, 5.74) is 0. The summed E-state index contributed by atoms with van der Waals surface area (Å²) in [5, 5.41) is 28.1. The highest BCUT2D eigenvalue weighted by Gasteiger charge is 2.39. The molecule has 3 N–H and O–H groups in total. The van der Waals surface area contributed by atoms with Gasteiger partial charge < -0.3 is 24.8 Å². The van der Waals surface area contributed by atoms with Crippen LogP contribution in [-0.2, 0) is 9.47 Å². The number of rotatable bonds is 4. The molecule has 5 nitrogen and oxygen atoms in total. The van der Waals surface area contributed by atoms with E-state index in [2.05, 4.69) is 6.58 Å². The first-order valence-electron chi connectivity index (χ1n) is 4.46. The highest BCUT2D eigenvalue weighted by atomic mass is 16.5. The van der Waals surface area contributed by atoms with Crippen molar-refractivity contribution in [2.75, 3.05) is 13.2 Å². The fraction of sp³-hybridized carbons (Fsp3) is 0.778. The van der Waals surface area contributed by atoms with Crippen LogP contribution < -0.4 is 0 Å². The van der Waals surface area contributed by atoms with Gasteiger partial charge in [0.25, 0.3) is 0 Å². The van der Waals surface area contributed by atoms with Crippen LogP contribution in [0.3, 0.4) is 0 Å². The number of ether oxygens (including phenoxy) is 2. The third kappa shape index (κ3) is 2.68. The van der Waals surface area contributed by atoms with Gasteiger partial charge in [-0.15, -0.1) is 0 Å². The molecule has 0 amide bonds. The molecule has 0 aromatic carbocycles. The van der Waals surface area contributed by atoms with E-state index >= 15 is 0 Å². The van der Waals surface area contributed by atoms with Crippen molar-refractivity contribution in [3.8, 4) is 0 Å². The maximum absolute atomic E-state index is 9.52. The Labute approximate surface area is 82.6 Å². The Morgan fingerprint density at radius 1 is 1.64 bits per heavy atom. The van der Waals surface area contributed by atoms with Gasteiger partial charge in [-0.2, -0.15) is 0 Å². The number of hydrogen-bond acceptors (Lipinski definition) is 5. The summed E-state index contributed by atoms with van der Waals surface area (Å²) >= 11 is 0. The van der Waals surface area contributed by atoms with Crippen LogP contribution in [-0.4, -0.2) is 52.9 Å². The van der Waals surface area contributed by atoms with Gasteiger partial charge in [0, 0.05) is 0 Å². The highest BCUT2D eigenvalue weighted by molar-refractivity contribution is 4.88. The minimum absolute atomic E-state index is 0.00375. The fourth-order valence-electron chi connectivity index (χ4n) is 1.29. The second-order valence-electron chi connectivity index (χ2n) is 3.44. The largest absolute Gasteiger partial charge is 0.496 e. The standard InChI is InChI=1S/C9H16O5/c1-5(2)13-4-7(11)9-8(12)6(10)3-14-9/h6-12H,1,3-4H2,2H3. The van der Waals surface area contributed by atoms with E-state index in [4.69, 9.17) is 14.6 Å². The summed E-state index contributed by atoms with van der Waals surface area (Å²) in [6.45, 7) is 5.20. The van der Waals surface area contributed by atoms with Crippen LogP contribution in [0.1, 0.15) is 6.92 Å². The van der Waals surface area contributed by atoms with E-state index in [0.717, 1.165) is 0 Å². The Balaban J connectivity index is 2.37. The lowest BCUT2D eigenvalue weighted by Gasteiger charge is -2.21. The third-order valence-electron chi connectivity index (χ3n) is 2.07. The Bertz CT molecular complexity index is 205. The topological polar surface area (TPSA) is 79.2 Å². The van der Waals surface area contributed by atoms with Crippen molar-refractivity contribution in [3.05, 3.63) is 12.3 Å². The summed E-state index contributed by atoms with van der Waals surface area (Å²) < 4.78 is 9.99. The van der Waals surface area contributed by atoms with Crippen molar-refractivity contribution >= 4 is 0 Å². The molecule has 0 aromatic heterocycles. The molecule has 0 radical (unpaired) electrons. The van der Waals surface area contributed by atoms with Crippen LogP contribution in [0.25, 0.3) is 0 Å². The van der Waals surface area contributed by atoms with Crippen molar-refractivity contribution < 1.29 is 24.8 Å². The lowest BCUT2D eigenvalue weighted by molar-refractivity contribution is -0.0726. The van der Waals surface area contributed by atoms with Crippen LogP contribution in [0.2, 0.25) is 0 Å². The summed E-state index contributed by atoms with van der Waals surface area (Å²) in [7, 11) is 0. The first kappa shape index (κ1) is 11.5. The molecule has 5 heteroatoms. The second-order valence-corrected chi connectivity index (χ2v) is 3.44. The van der Waals surface area contributed by atoms with E-state index in [1.807, 2.05) is 0 Å². The molecule has 4 atom stereocenters. The van der Waals surface area contributed by atoms with Gasteiger partial charge in [-0.05, 0) is 6.92 Å². The minimum Gasteiger partial charge on any atom is -0.496 e. The molecule has 0 spiro atoms. The number of allylic oxidation sites excluding steroid dienone is 1. The van der Waals surface area contributed by atoms with Gasteiger partial charge in [-0.3, -0.25) is 0 Å². The predicted octanol–water partition coefficient (Wildman–Crippen LogP) is -0.982. The molecule has 1 fully saturated rings. The Morgan fingerprint density at radius 3 is 2.71 bits per heavy atom. The van der Waals surface area contributed by atoms with Crippen molar-refractivity contribution in [3.63, 3.8) is 0 Å². The van der Waals surface area contributed by atoms with Gasteiger partial charge in [0.1, 0.15) is 31.0 Å². The highest BCUT2D eigenvalue weighted by Crippen LogP contribution is 2.18. The van der Waals surface area contributed by atoms with E-state index in [1.54, 1.807) is 6.92 Å². The molecule has 82 valence electrons. The molecule has 0 bridgehead atoms. The van der Waals surface area contributed by atoms with E-state index < -0.39 is 24.4 Å². The normalized spacial score (nSPS) is 34.1. The van der Waals surface area contributed by atoms with Gasteiger partial charge in [0.15, 0.2) is 0 Å². The van der Waals surface area contributed by atoms with E-state index in [9.17, 15) is 10.2 Å². The zero-order valence-electron chi connectivity index (χ0n) is 8.09. The Kier molecular flexibility index (Phi) is 3.88. The average Bonchev–Trinajstić information content (AvgIpc) is 2.44. The van der Waals surface area contributed by atoms with Crippen LogP contribution in [0, 0.1) is 0 Å². The van der Waals surface area contributed by atoms with E-state index in [-0.39, 0.29) is 13.2 Å². The SMILES string of the molecule is C=C(C)OCC(O)C1OCC(O)C1O. The molecular formula is C9H16O5. The molecular weight excluding hydrogens is 188 g/mol. The average molecular weight is 204 g/mol. The van der Waals surface area contributed by atoms with Gasteiger partial charge in [0.2, 0.25) is 0 Å². The Morgan fingerprint density at radius 2 is 2.29 bits per heavy atom. The summed E-state index contributed by atoms with van der Waals surface area (Å²) in [4.78, 5) is 0. The van der Waals surface area contributed by atoms with E-state index in [1.165, 1.54) is 0 Å². The molecule has 4 unspecified atom stereocenters. The molecule has 1 rings (SSSR count). The first-order chi connectivity index (χ1) is 6.52. The monoisotopic (exact) mass is 204 g/mol. The van der Waals surface area contributed by atoms with Gasteiger partial charge in [-0.25, -0.2) is 0 Å². The second kappa shape index (κ2) is 4.75. The molecule has 1 aliphatic heterocycles. The van der Waals surface area contributed by atoms with Crippen LogP contribution >= 0.6 is 0 Å². The van der Waals surface area contributed by atoms with Crippen molar-refractivity contribution in [1.29, 1.82) is 0 Å². The van der Waals surface area contributed by atoms with Crippen molar-refractivity contribution in [2.24, 2.45) is 0 Å². The maximum atomic E-state index is 9.52. The van der Waals surface area contributed by atoms with Crippen LogP contribution in [0.15, 0.2) is 12.3 Å². The molecule has 14 heavy (non-hydrogen) atoms. The minimum atomic E-state index is -1.06. The Hall–Kier alpha value is -0.620. The summed E-state index contributed by atoms with van der Waals surface area (Å²) in [6.07, 6.45) is -3.73. The van der Waals surface area contributed by atoms with Crippen molar-refractivity contribution in [1.82, 2.24) is 0 Å². The lowest BCUT2D eigenvalue weighted by atomic mass is 10.1. The fourth-order valence-corrected chi connectivity index (χ4v) is 1.29. The maximum Gasteiger partial charge on any atom is 0.117 e. The van der Waals surface area contributed by atoms with Gasteiger partial charge >= 0.3 is 0 Å². The zero-order valence-corrected chi connectivity index (χ0v) is 8.09. The predicted molar refractivity (Wildman–Crippen MR) is 48.5 cm³/mol. The van der Waals surface area contributed by atoms with Crippen molar-refractivity contribution in [2.45, 2.75) is 31.3 Å².